The van der Waals surface area contributed by atoms with Crippen molar-refractivity contribution in [1.29, 1.82) is 0 Å². The molecule has 0 N–H and O–H groups in total. The van der Waals surface area contributed by atoms with E-state index in [0.717, 1.165) is 52.2 Å². The van der Waals surface area contributed by atoms with E-state index in [1.165, 1.54) is 22.7 Å². The molecule has 0 saturated carbocycles. The fourth-order valence-corrected chi connectivity index (χ4v) is 10.1. The maximum absolute atomic E-state index is 8.45. The predicted octanol–water partition coefficient (Wildman–Crippen LogP) is 11.5. The first-order chi connectivity index (χ1) is 23.5. The number of ether oxygens (including phenoxy) is 1. The van der Waals surface area contributed by atoms with Crippen LogP contribution < -0.4 is 9.64 Å². The van der Waals surface area contributed by atoms with E-state index in [1.54, 1.807) is 23.5 Å². The Kier molecular flexibility index (Phi) is 3.46. The first kappa shape index (κ1) is 16.9. The van der Waals surface area contributed by atoms with E-state index in [9.17, 15) is 0 Å². The van der Waals surface area contributed by atoms with Crippen LogP contribution in [0.25, 0.3) is 41.6 Å². The summed E-state index contributed by atoms with van der Waals surface area (Å²) in [5, 5.41) is 1.15. The molecule has 41 heavy (non-hydrogen) atoms. The van der Waals surface area contributed by atoms with Crippen LogP contribution in [0.1, 0.15) is 11.0 Å². The van der Waals surface area contributed by atoms with Crippen molar-refractivity contribution in [3.8, 4) is 32.6 Å². The van der Waals surface area contributed by atoms with Crippen molar-refractivity contribution in [3.63, 3.8) is 0 Å². The Labute approximate surface area is 270 Å². The highest BCUT2D eigenvalue weighted by atomic mass is 79.9. The lowest BCUT2D eigenvalue weighted by molar-refractivity contribution is 0.472. The van der Waals surface area contributed by atoms with Crippen molar-refractivity contribution in [2.24, 2.45) is 0 Å². The molecule has 2 aromatic heterocycles. The van der Waals surface area contributed by atoms with E-state index in [4.69, 9.17) is 20.7 Å². The lowest BCUT2D eigenvalue weighted by Crippen LogP contribution is -2.23. The van der Waals surface area contributed by atoms with E-state index >= 15 is 0 Å². The van der Waals surface area contributed by atoms with Gasteiger partial charge in [-0.3, -0.25) is 4.90 Å². The lowest BCUT2D eigenvalue weighted by Gasteiger charge is -2.42. The topological polar surface area (TPSA) is 38.2 Å². The molecule has 194 valence electrons. The molecule has 5 heterocycles. The summed E-state index contributed by atoms with van der Waals surface area (Å²) in [5.74, 6) is 1.30. The number of benzene rings is 5. The molecule has 0 amide bonds. The third-order valence-corrected chi connectivity index (χ3v) is 11.6. The second-order valence-electron chi connectivity index (χ2n) is 9.43. The molecule has 0 unspecified atom stereocenters. The Hall–Kier alpha value is -3.34. The first-order valence-electron chi connectivity index (χ1n) is 16.3. The van der Waals surface area contributed by atoms with E-state index in [-0.39, 0.29) is 59.4 Å². The molecule has 5 aromatic carbocycles. The predicted molar refractivity (Wildman–Crippen MR) is 174 cm³/mol. The molecule has 3 aliphatic rings. The van der Waals surface area contributed by atoms with E-state index in [2.05, 4.69) is 44.0 Å². The van der Waals surface area contributed by atoms with Crippen LogP contribution >= 0.6 is 62.1 Å². The number of para-hydroxylation sites is 2. The number of hydrogen-bond acceptors (Lipinski definition) is 8. The van der Waals surface area contributed by atoms with Gasteiger partial charge < -0.3 is 4.74 Å². The SMILES string of the molecule is [2H]c1c([2H])c([2H])c2sc(-c3cc4c5c(c3)Sc3cc(-c6nc7c([2H])c([2H])c([2H])c([2H])c7s6)cc6c3N5c3c(cc(Br)cc3S6)O4)nc2c1[2H]. The van der Waals surface area contributed by atoms with Gasteiger partial charge in [-0.2, -0.15) is 0 Å². The molecule has 10 rings (SSSR count). The third kappa shape index (κ3) is 3.35. The molecule has 0 saturated heterocycles. The number of thiazole rings is 2. The summed E-state index contributed by atoms with van der Waals surface area (Å²) >= 11 is 9.31. The number of fused-ring (bicyclic) bond motifs is 2. The maximum atomic E-state index is 8.45. The molecule has 0 aliphatic carbocycles. The number of halogens is 1. The number of hydrogen-bond donors (Lipinski definition) is 0. The summed E-state index contributed by atoms with van der Waals surface area (Å²) in [4.78, 5) is 15.5. The summed E-state index contributed by atoms with van der Waals surface area (Å²) in [7, 11) is 0. The molecular formula is C32H14BrN3OS4. The molecule has 9 heteroatoms. The summed E-state index contributed by atoms with van der Waals surface area (Å²) in [6, 6.07) is 10.3. The summed E-state index contributed by atoms with van der Waals surface area (Å²) in [6.07, 6.45) is 0. The molecule has 0 atom stereocenters. The lowest BCUT2D eigenvalue weighted by atomic mass is 10.1. The first-order valence-corrected chi connectivity index (χ1v) is 16.3. The normalized spacial score (nSPS) is 16.7. The van der Waals surface area contributed by atoms with Gasteiger partial charge in [-0.05, 0) is 60.6 Å². The fraction of sp³-hybridized carbons (Fsp3) is 0. The van der Waals surface area contributed by atoms with Gasteiger partial charge in [0.15, 0.2) is 11.5 Å². The van der Waals surface area contributed by atoms with Gasteiger partial charge in [-0.25, -0.2) is 9.97 Å². The summed E-state index contributed by atoms with van der Waals surface area (Å²) in [6.45, 7) is 0. The second-order valence-corrected chi connectivity index (χ2v) is 14.5. The smallest absolute Gasteiger partial charge is 0.153 e. The summed E-state index contributed by atoms with van der Waals surface area (Å²) in [5.41, 5.74) is 4.84. The minimum absolute atomic E-state index is 0.0979. The molecular weight excluding hydrogens is 651 g/mol. The van der Waals surface area contributed by atoms with Gasteiger partial charge in [0.25, 0.3) is 0 Å². The zero-order chi connectivity index (χ0) is 33.8. The van der Waals surface area contributed by atoms with Crippen molar-refractivity contribution in [2.45, 2.75) is 19.6 Å². The zero-order valence-electron chi connectivity index (χ0n) is 28.2. The van der Waals surface area contributed by atoms with E-state index in [0.29, 0.717) is 30.9 Å². The quantitative estimate of drug-likeness (QED) is 0.182. The van der Waals surface area contributed by atoms with Crippen molar-refractivity contribution in [3.05, 3.63) is 89.2 Å². The molecule has 4 nitrogen and oxygen atoms in total. The molecule has 0 radical (unpaired) electrons. The van der Waals surface area contributed by atoms with Gasteiger partial charge in [0.2, 0.25) is 0 Å². The molecule has 3 aliphatic heterocycles. The number of nitrogens with zero attached hydrogens (tertiary/aromatic N) is 3. The Morgan fingerprint density at radius 1 is 0.634 bits per heavy atom. The van der Waals surface area contributed by atoms with Crippen molar-refractivity contribution in [1.82, 2.24) is 9.97 Å². The minimum Gasteiger partial charge on any atom is -0.453 e. The van der Waals surface area contributed by atoms with Crippen molar-refractivity contribution in [2.75, 3.05) is 4.90 Å². The fourth-order valence-electron chi connectivity index (χ4n) is 5.36. The highest BCUT2D eigenvalue weighted by Gasteiger charge is 2.40. The van der Waals surface area contributed by atoms with Gasteiger partial charge in [0.1, 0.15) is 21.4 Å². The highest BCUT2D eigenvalue weighted by Crippen LogP contribution is 2.67. The monoisotopic (exact) mass is 671 g/mol. The van der Waals surface area contributed by atoms with Crippen LogP contribution in [-0.4, -0.2) is 9.97 Å². The highest BCUT2D eigenvalue weighted by molar-refractivity contribution is 9.10. The Bertz CT molecular complexity index is 2470. The van der Waals surface area contributed by atoms with E-state index < -0.39 is 0 Å². The van der Waals surface area contributed by atoms with Gasteiger partial charge >= 0.3 is 0 Å². The number of rotatable bonds is 2. The second kappa shape index (κ2) is 8.36. The molecule has 0 fully saturated rings. The van der Waals surface area contributed by atoms with Crippen molar-refractivity contribution >= 4 is 99.6 Å². The van der Waals surface area contributed by atoms with Crippen LogP contribution in [0.15, 0.2) is 109 Å². The Morgan fingerprint density at radius 3 is 1.78 bits per heavy atom. The number of aromatic nitrogens is 2. The molecule has 0 bridgehead atoms. The van der Waals surface area contributed by atoms with Crippen LogP contribution in [0.3, 0.4) is 0 Å². The van der Waals surface area contributed by atoms with Gasteiger partial charge in [-0.15, -0.1) is 22.7 Å². The van der Waals surface area contributed by atoms with Crippen LogP contribution in [0.5, 0.6) is 11.5 Å². The Morgan fingerprint density at radius 2 is 1.15 bits per heavy atom. The molecule has 0 spiro atoms. The van der Waals surface area contributed by atoms with Crippen LogP contribution in [0.4, 0.5) is 17.1 Å². The maximum Gasteiger partial charge on any atom is 0.153 e. The van der Waals surface area contributed by atoms with Crippen LogP contribution in [-0.2, 0) is 0 Å². The average molecular weight is 673 g/mol. The van der Waals surface area contributed by atoms with Gasteiger partial charge in [-0.1, -0.05) is 63.6 Å². The van der Waals surface area contributed by atoms with Gasteiger partial charge in [0.05, 0.1) is 37.1 Å². The summed E-state index contributed by atoms with van der Waals surface area (Å²) < 4.78 is 74.5. The van der Waals surface area contributed by atoms with Crippen LogP contribution in [0, 0.1) is 0 Å². The molecule has 7 aromatic rings. The van der Waals surface area contributed by atoms with Crippen LogP contribution in [0.2, 0.25) is 0 Å². The largest absolute Gasteiger partial charge is 0.453 e. The minimum atomic E-state index is -0.316. The van der Waals surface area contributed by atoms with Crippen molar-refractivity contribution < 1.29 is 15.7 Å². The number of anilines is 3. The van der Waals surface area contributed by atoms with E-state index in [1.807, 2.05) is 18.2 Å². The van der Waals surface area contributed by atoms with Gasteiger partial charge in [0, 0.05) is 35.2 Å². The zero-order valence-corrected chi connectivity index (χ0v) is 25.1. The standard InChI is InChI=1S/C32H14BrN3OS4/c33-17-13-21-29-27(14-17)39-26-12-16(32-35-19-6-2-4-8-23(19)41-32)11-25-30(26)36(29)28-20(37-21)9-15(10-24(28)38-25)31-34-18-5-1-3-7-22(18)40-31/h1-14H/i1D,2D,3D,4D,5D,6D,7D,8D. The Balaban J connectivity index is 1.19. The third-order valence-electron chi connectivity index (χ3n) is 7.00. The average Bonchev–Trinajstić information content (AvgIpc) is 3.74.